The van der Waals surface area contributed by atoms with Crippen LogP contribution in [0.4, 0.5) is 0 Å². The third-order valence-corrected chi connectivity index (χ3v) is 2.08. The molecule has 0 heterocycles. The molecular weight excluding hydrogens is 208 g/mol. The van der Waals surface area contributed by atoms with Crippen LogP contribution in [0, 0.1) is 0 Å². The molecule has 0 atom stereocenters. The minimum atomic E-state index is 0.245. The molecule has 0 unspecified atom stereocenters. The lowest BCUT2D eigenvalue weighted by molar-refractivity contribution is 0.0130. The smallest absolute Gasteiger partial charge is 0.0701 e. The molecule has 98 valence electrons. The van der Waals surface area contributed by atoms with E-state index >= 15 is 0 Å². The predicted molar refractivity (Wildman–Crippen MR) is 63.7 cm³/mol. The van der Waals surface area contributed by atoms with Gasteiger partial charge in [0.1, 0.15) is 0 Å². The summed E-state index contributed by atoms with van der Waals surface area (Å²) in [7, 11) is 0. The van der Waals surface area contributed by atoms with Crippen LogP contribution in [-0.4, -0.2) is 51.4 Å². The van der Waals surface area contributed by atoms with Crippen molar-refractivity contribution in [2.75, 3.05) is 46.2 Å². The molecule has 0 aliphatic carbocycles. The fourth-order valence-electron chi connectivity index (χ4n) is 1.10. The highest BCUT2D eigenvalue weighted by Gasteiger charge is 1.91. The van der Waals surface area contributed by atoms with Crippen molar-refractivity contribution in [2.45, 2.75) is 32.6 Å². The number of ether oxygens (including phenoxy) is 3. The molecule has 1 N–H and O–H groups in total. The summed E-state index contributed by atoms with van der Waals surface area (Å²) in [5.74, 6) is 0. The fraction of sp³-hybridized carbons (Fsp3) is 1.00. The summed E-state index contributed by atoms with van der Waals surface area (Å²) in [5, 5.41) is 8.53. The number of aliphatic hydroxyl groups excluding tert-OH is 1. The Labute approximate surface area is 98.9 Å². The zero-order chi connectivity index (χ0) is 11.9. The molecule has 0 rings (SSSR count). The van der Waals surface area contributed by atoms with Crippen molar-refractivity contribution in [1.82, 2.24) is 0 Å². The lowest BCUT2D eigenvalue weighted by Crippen LogP contribution is -2.10. The number of unbranched alkanes of at least 4 members (excludes halogenated alkanes) is 2. The zero-order valence-corrected chi connectivity index (χ0v) is 10.5. The van der Waals surface area contributed by atoms with Gasteiger partial charge in [-0.05, 0) is 19.3 Å². The van der Waals surface area contributed by atoms with Gasteiger partial charge >= 0.3 is 0 Å². The van der Waals surface area contributed by atoms with Crippen LogP contribution in [0.5, 0.6) is 0 Å². The lowest BCUT2D eigenvalue weighted by Gasteiger charge is -2.06. The van der Waals surface area contributed by atoms with E-state index in [2.05, 4.69) is 6.92 Å². The Hall–Kier alpha value is -0.160. The largest absolute Gasteiger partial charge is 0.396 e. The average molecular weight is 234 g/mol. The van der Waals surface area contributed by atoms with Gasteiger partial charge in [-0.25, -0.2) is 0 Å². The highest BCUT2D eigenvalue weighted by Crippen LogP contribution is 1.90. The fourth-order valence-corrected chi connectivity index (χ4v) is 1.10. The van der Waals surface area contributed by atoms with E-state index in [0.717, 1.165) is 25.9 Å². The van der Waals surface area contributed by atoms with Gasteiger partial charge in [0.2, 0.25) is 0 Å². The van der Waals surface area contributed by atoms with Crippen molar-refractivity contribution in [3.05, 3.63) is 0 Å². The third kappa shape index (κ3) is 13.8. The molecule has 0 aromatic heterocycles. The molecule has 0 saturated carbocycles. The number of aliphatic hydroxyl groups is 1. The van der Waals surface area contributed by atoms with Gasteiger partial charge in [-0.15, -0.1) is 0 Å². The van der Waals surface area contributed by atoms with Crippen molar-refractivity contribution in [2.24, 2.45) is 0 Å². The monoisotopic (exact) mass is 234 g/mol. The Bertz CT molecular complexity index is 106. The van der Waals surface area contributed by atoms with Crippen molar-refractivity contribution < 1.29 is 19.3 Å². The Kier molecular flexibility index (Phi) is 14.7. The molecule has 0 spiro atoms. The minimum Gasteiger partial charge on any atom is -0.396 e. The maximum atomic E-state index is 8.53. The zero-order valence-electron chi connectivity index (χ0n) is 10.5. The van der Waals surface area contributed by atoms with Gasteiger partial charge in [0.15, 0.2) is 0 Å². The molecule has 0 amide bonds. The second-order valence-electron chi connectivity index (χ2n) is 3.62. The first-order valence-electron chi connectivity index (χ1n) is 6.26. The summed E-state index contributed by atoms with van der Waals surface area (Å²) in [6, 6.07) is 0. The summed E-state index contributed by atoms with van der Waals surface area (Å²) in [6.45, 7) is 6.49. The first-order chi connectivity index (χ1) is 7.91. The Balaban J connectivity index is 2.83. The highest BCUT2D eigenvalue weighted by molar-refractivity contribution is 4.37. The van der Waals surface area contributed by atoms with Gasteiger partial charge in [-0.1, -0.05) is 13.3 Å². The molecule has 0 aliphatic heterocycles. The van der Waals surface area contributed by atoms with Gasteiger partial charge in [0.05, 0.1) is 26.4 Å². The van der Waals surface area contributed by atoms with E-state index in [0.29, 0.717) is 33.0 Å². The summed E-state index contributed by atoms with van der Waals surface area (Å²) < 4.78 is 16.0. The number of hydrogen-bond acceptors (Lipinski definition) is 4. The first kappa shape index (κ1) is 15.8. The van der Waals surface area contributed by atoms with E-state index in [4.69, 9.17) is 19.3 Å². The van der Waals surface area contributed by atoms with E-state index in [9.17, 15) is 0 Å². The Morgan fingerprint density at radius 1 is 0.688 bits per heavy atom. The Morgan fingerprint density at radius 2 is 1.19 bits per heavy atom. The van der Waals surface area contributed by atoms with Crippen molar-refractivity contribution in [3.63, 3.8) is 0 Å². The minimum absolute atomic E-state index is 0.245. The number of rotatable bonds is 13. The Morgan fingerprint density at radius 3 is 1.69 bits per heavy atom. The molecular formula is C12H26O4. The van der Waals surface area contributed by atoms with Crippen LogP contribution in [-0.2, 0) is 14.2 Å². The lowest BCUT2D eigenvalue weighted by atomic mass is 10.3. The van der Waals surface area contributed by atoms with Gasteiger partial charge in [0, 0.05) is 19.8 Å². The van der Waals surface area contributed by atoms with Crippen LogP contribution in [0.25, 0.3) is 0 Å². The molecule has 0 radical (unpaired) electrons. The van der Waals surface area contributed by atoms with E-state index in [1.807, 2.05) is 0 Å². The SMILES string of the molecule is CCCCOCCOCCOCCCCO. The van der Waals surface area contributed by atoms with E-state index in [-0.39, 0.29) is 6.61 Å². The highest BCUT2D eigenvalue weighted by atomic mass is 16.5. The third-order valence-electron chi connectivity index (χ3n) is 2.08. The molecule has 0 saturated heterocycles. The second-order valence-corrected chi connectivity index (χ2v) is 3.62. The molecule has 16 heavy (non-hydrogen) atoms. The summed E-state index contributed by atoms with van der Waals surface area (Å²) in [6.07, 6.45) is 4.01. The standard InChI is InChI=1S/C12H26O4/c1-2-3-7-14-9-11-16-12-10-15-8-5-4-6-13/h13H,2-12H2,1H3. The van der Waals surface area contributed by atoms with Crippen LogP contribution in [0.15, 0.2) is 0 Å². The van der Waals surface area contributed by atoms with Crippen molar-refractivity contribution in [3.8, 4) is 0 Å². The first-order valence-corrected chi connectivity index (χ1v) is 6.26. The normalized spacial score (nSPS) is 10.9. The van der Waals surface area contributed by atoms with E-state index in [1.165, 1.54) is 6.42 Å². The van der Waals surface area contributed by atoms with Crippen LogP contribution >= 0.6 is 0 Å². The molecule has 0 bridgehead atoms. The maximum Gasteiger partial charge on any atom is 0.0701 e. The molecule has 4 nitrogen and oxygen atoms in total. The van der Waals surface area contributed by atoms with Gasteiger partial charge in [-0.3, -0.25) is 0 Å². The van der Waals surface area contributed by atoms with Gasteiger partial charge in [-0.2, -0.15) is 0 Å². The topological polar surface area (TPSA) is 47.9 Å². The predicted octanol–water partition coefficient (Wildman–Crippen LogP) is 1.61. The molecule has 0 aromatic carbocycles. The van der Waals surface area contributed by atoms with Crippen LogP contribution in [0.1, 0.15) is 32.6 Å². The molecule has 0 aliphatic rings. The van der Waals surface area contributed by atoms with Crippen LogP contribution in [0.2, 0.25) is 0 Å². The van der Waals surface area contributed by atoms with E-state index < -0.39 is 0 Å². The van der Waals surface area contributed by atoms with Crippen LogP contribution in [0.3, 0.4) is 0 Å². The van der Waals surface area contributed by atoms with Crippen molar-refractivity contribution in [1.29, 1.82) is 0 Å². The van der Waals surface area contributed by atoms with Crippen LogP contribution < -0.4 is 0 Å². The van der Waals surface area contributed by atoms with E-state index in [1.54, 1.807) is 0 Å². The average Bonchev–Trinajstić information content (AvgIpc) is 2.31. The summed E-state index contributed by atoms with van der Waals surface area (Å²) in [4.78, 5) is 0. The molecule has 4 heteroatoms. The van der Waals surface area contributed by atoms with Gasteiger partial charge in [0.25, 0.3) is 0 Å². The second kappa shape index (κ2) is 14.8. The van der Waals surface area contributed by atoms with Crippen molar-refractivity contribution >= 4 is 0 Å². The summed E-state index contributed by atoms with van der Waals surface area (Å²) in [5.41, 5.74) is 0. The quantitative estimate of drug-likeness (QED) is 0.492. The summed E-state index contributed by atoms with van der Waals surface area (Å²) >= 11 is 0. The maximum absolute atomic E-state index is 8.53. The molecule has 0 fully saturated rings. The van der Waals surface area contributed by atoms with Gasteiger partial charge < -0.3 is 19.3 Å². The molecule has 0 aromatic rings. The number of hydrogen-bond donors (Lipinski definition) is 1.